The van der Waals surface area contributed by atoms with E-state index in [1.165, 1.54) is 33.1 Å². The summed E-state index contributed by atoms with van der Waals surface area (Å²) < 4.78 is 36.1. The van der Waals surface area contributed by atoms with Crippen LogP contribution in [0.2, 0.25) is 4.34 Å². The molecule has 0 aliphatic heterocycles. The molecule has 0 atom stereocenters. The molecule has 1 radical (unpaired) electrons. The molecule has 0 bridgehead atoms. The van der Waals surface area contributed by atoms with Crippen molar-refractivity contribution in [2.75, 3.05) is 11.8 Å². The quantitative estimate of drug-likeness (QED) is 0.257. The van der Waals surface area contributed by atoms with E-state index >= 15 is 0 Å². The fraction of sp³-hybridized carbons (Fsp3) is 0.250. The van der Waals surface area contributed by atoms with E-state index in [1.807, 2.05) is 30.3 Å². The number of sulfonamides is 1. The van der Waals surface area contributed by atoms with Gasteiger partial charge < -0.3 is 15.2 Å². The number of thiophene rings is 1. The molecule has 0 spiro atoms. The van der Waals surface area contributed by atoms with Crippen molar-refractivity contribution in [2.45, 2.75) is 36.7 Å². The third-order valence-electron chi connectivity index (χ3n) is 5.34. The number of rotatable bonds is 9. The van der Waals surface area contributed by atoms with Crippen molar-refractivity contribution >= 4 is 107 Å². The number of anilines is 1. The van der Waals surface area contributed by atoms with Gasteiger partial charge in [0.25, 0.3) is 15.9 Å². The van der Waals surface area contributed by atoms with Gasteiger partial charge in [0.15, 0.2) is 5.82 Å². The van der Waals surface area contributed by atoms with Crippen molar-refractivity contribution in [3.8, 4) is 5.75 Å². The first-order valence-electron chi connectivity index (χ1n) is 10.9. The molecular formula is C24H25ClKN4O5S2. The molecule has 4 aromatic rings. The first kappa shape index (κ1) is 30.1. The van der Waals surface area contributed by atoms with Gasteiger partial charge in [-0.3, -0.25) is 14.2 Å². The van der Waals surface area contributed by atoms with E-state index < -0.39 is 21.5 Å². The maximum Gasteiger partial charge on any atom is 0.272 e. The summed E-state index contributed by atoms with van der Waals surface area (Å²) in [5, 5.41) is 17.6. The third kappa shape index (κ3) is 7.14. The molecule has 0 fully saturated rings. The van der Waals surface area contributed by atoms with Gasteiger partial charge in [0.2, 0.25) is 0 Å². The van der Waals surface area contributed by atoms with Crippen LogP contribution in [0.15, 0.2) is 58.8 Å². The molecule has 0 saturated carbocycles. The van der Waals surface area contributed by atoms with Crippen LogP contribution in [0.4, 0.5) is 5.82 Å². The Morgan fingerprint density at radius 3 is 2.51 bits per heavy atom. The Labute approximate surface area is 266 Å². The van der Waals surface area contributed by atoms with E-state index in [0.717, 1.165) is 22.5 Å². The summed E-state index contributed by atoms with van der Waals surface area (Å²) in [5.41, 5.74) is 0.936. The number of hydrogen-bond donors (Lipinski definition) is 3. The summed E-state index contributed by atoms with van der Waals surface area (Å²) in [4.78, 5) is 12.0. The van der Waals surface area contributed by atoms with Crippen LogP contribution < -0.4 is 14.8 Å². The number of carbonyl (C=O) groups excluding carboxylic acids is 1. The summed E-state index contributed by atoms with van der Waals surface area (Å²) in [5.74, 6) is 0.145. The second-order valence-corrected chi connectivity index (χ2v) is 12.2. The summed E-state index contributed by atoms with van der Waals surface area (Å²) in [6.07, 6.45) is 0. The molecule has 3 N–H and O–H groups in total. The molecule has 2 heterocycles. The molecule has 9 nitrogen and oxygen atoms in total. The van der Waals surface area contributed by atoms with E-state index in [1.54, 1.807) is 16.8 Å². The molecular weight excluding hydrogens is 563 g/mol. The molecule has 0 aliphatic rings. The Hall–Kier alpha value is -1.48. The van der Waals surface area contributed by atoms with Crippen molar-refractivity contribution in [1.82, 2.24) is 15.1 Å². The number of benzene rings is 2. The Morgan fingerprint density at radius 1 is 1.16 bits per heavy atom. The molecule has 191 valence electrons. The van der Waals surface area contributed by atoms with Gasteiger partial charge >= 0.3 is 0 Å². The number of nitrogens with one attached hydrogen (secondary N) is 2. The maximum absolute atomic E-state index is 13.0. The van der Waals surface area contributed by atoms with Crippen molar-refractivity contribution in [1.29, 1.82) is 0 Å². The second kappa shape index (κ2) is 12.1. The standard InChI is InChI=1S/C24H25ClN4O5S2.K/c1-24(2,31)23(30)26-13-15-6-4-7-16(12-15)14-29-17-8-5-9-18(34-3)21(17)22(27-29)28-36(32,33)20-11-10-19(25)35-20;/h4-12,31H,13-14H2,1-3H3,(H,26,30)(H,27,28);. The number of methoxy groups -OCH3 is 1. The zero-order chi connectivity index (χ0) is 26.1. The fourth-order valence-corrected chi connectivity index (χ4v) is 6.08. The maximum atomic E-state index is 13.0. The van der Waals surface area contributed by atoms with Gasteiger partial charge in [0, 0.05) is 57.9 Å². The van der Waals surface area contributed by atoms with Gasteiger partial charge in [-0.15, -0.1) is 11.3 Å². The Morgan fingerprint density at radius 2 is 1.86 bits per heavy atom. The monoisotopic (exact) mass is 587 g/mol. The molecule has 37 heavy (non-hydrogen) atoms. The first-order chi connectivity index (χ1) is 17.0. The molecule has 1 amide bonds. The minimum Gasteiger partial charge on any atom is -0.496 e. The first-order valence-corrected chi connectivity index (χ1v) is 13.6. The van der Waals surface area contributed by atoms with Crippen LogP contribution in [0, 0.1) is 0 Å². The molecule has 0 saturated heterocycles. The predicted molar refractivity (Wildman–Crippen MR) is 146 cm³/mol. The largest absolute Gasteiger partial charge is 0.496 e. The van der Waals surface area contributed by atoms with E-state index in [-0.39, 0.29) is 68.0 Å². The zero-order valence-electron chi connectivity index (χ0n) is 20.8. The SMILES string of the molecule is COc1cccc2c1c(NS(=O)(=O)c1ccc(Cl)s1)nn2Cc1cccc(CNC(=O)C(C)(C)O)c1.[K]. The van der Waals surface area contributed by atoms with Crippen LogP contribution in [0.3, 0.4) is 0 Å². The third-order valence-corrected chi connectivity index (χ3v) is 8.40. The number of aliphatic hydroxyl groups is 1. The van der Waals surface area contributed by atoms with Crippen LogP contribution in [-0.4, -0.2) is 93.3 Å². The molecule has 2 aromatic carbocycles. The van der Waals surface area contributed by atoms with Gasteiger partial charge in [-0.25, -0.2) is 8.42 Å². The second-order valence-electron chi connectivity index (χ2n) is 8.59. The van der Waals surface area contributed by atoms with Crippen molar-refractivity contribution in [2.24, 2.45) is 0 Å². The van der Waals surface area contributed by atoms with Crippen LogP contribution in [0.25, 0.3) is 10.9 Å². The van der Waals surface area contributed by atoms with Gasteiger partial charge in [-0.05, 0) is 49.2 Å². The van der Waals surface area contributed by atoms with E-state index in [9.17, 15) is 18.3 Å². The van der Waals surface area contributed by atoms with E-state index in [0.29, 0.717) is 27.5 Å². The predicted octanol–water partition coefficient (Wildman–Crippen LogP) is 3.62. The minimum absolute atomic E-state index is 0. The molecule has 0 unspecified atom stereocenters. The van der Waals surface area contributed by atoms with Crippen LogP contribution in [0.1, 0.15) is 25.0 Å². The Balaban J connectivity index is 0.00000380. The average molecular weight is 588 g/mol. The number of halogens is 1. The number of carbonyl (C=O) groups is 1. The van der Waals surface area contributed by atoms with Crippen LogP contribution in [-0.2, 0) is 27.9 Å². The van der Waals surface area contributed by atoms with Crippen molar-refractivity contribution in [3.63, 3.8) is 0 Å². The smallest absolute Gasteiger partial charge is 0.272 e. The molecule has 0 aliphatic carbocycles. The number of nitrogens with zero attached hydrogens (tertiary/aromatic N) is 2. The number of amides is 1. The number of ether oxygens (including phenoxy) is 1. The topological polar surface area (TPSA) is 123 Å². The summed E-state index contributed by atoms with van der Waals surface area (Å²) in [6, 6.07) is 15.9. The Kier molecular flexibility index (Phi) is 9.86. The average Bonchev–Trinajstić information content (AvgIpc) is 3.41. The van der Waals surface area contributed by atoms with Crippen molar-refractivity contribution in [3.05, 3.63) is 70.1 Å². The summed E-state index contributed by atoms with van der Waals surface area (Å²) in [6.45, 7) is 3.44. The van der Waals surface area contributed by atoms with Gasteiger partial charge in [0.05, 0.1) is 28.9 Å². The number of fused-ring (bicyclic) bond motifs is 1. The number of hydrogen-bond acceptors (Lipinski definition) is 7. The van der Waals surface area contributed by atoms with Crippen LogP contribution >= 0.6 is 22.9 Å². The summed E-state index contributed by atoms with van der Waals surface area (Å²) >= 11 is 6.88. The van der Waals surface area contributed by atoms with Gasteiger partial charge in [-0.2, -0.15) is 5.10 Å². The molecule has 4 rings (SSSR count). The number of aromatic nitrogens is 2. The van der Waals surface area contributed by atoms with Crippen molar-refractivity contribution < 1.29 is 23.1 Å². The van der Waals surface area contributed by atoms with E-state index in [4.69, 9.17) is 16.3 Å². The summed E-state index contributed by atoms with van der Waals surface area (Å²) in [7, 11) is -2.40. The zero-order valence-corrected chi connectivity index (χ0v) is 26.3. The Bertz CT molecular complexity index is 1530. The molecule has 13 heteroatoms. The minimum atomic E-state index is -3.91. The molecule has 2 aromatic heterocycles. The van der Waals surface area contributed by atoms with Crippen LogP contribution in [0.5, 0.6) is 5.75 Å². The normalized spacial score (nSPS) is 11.7. The van der Waals surface area contributed by atoms with E-state index in [2.05, 4.69) is 15.1 Å². The van der Waals surface area contributed by atoms with Gasteiger partial charge in [0.1, 0.15) is 15.6 Å². The van der Waals surface area contributed by atoms with Gasteiger partial charge in [-0.1, -0.05) is 41.9 Å². The fourth-order valence-electron chi connectivity index (χ4n) is 3.59.